The lowest BCUT2D eigenvalue weighted by atomic mass is 9.88. The van der Waals surface area contributed by atoms with Gasteiger partial charge in [0, 0.05) is 18.4 Å². The molecule has 1 aliphatic heterocycles. The van der Waals surface area contributed by atoms with Crippen molar-refractivity contribution < 1.29 is 4.79 Å². The molecule has 1 aromatic carbocycles. The van der Waals surface area contributed by atoms with Crippen LogP contribution >= 0.6 is 0 Å². The summed E-state index contributed by atoms with van der Waals surface area (Å²) in [6, 6.07) is 8.72. The number of benzene rings is 1. The van der Waals surface area contributed by atoms with E-state index in [1.165, 1.54) is 13.9 Å². The SMILES string of the molecule is O=C1CC[C@]23C[C@@H](C=CC=C12)n1c(=O)n(-c2ccccc2)c(=O)n13. The third kappa shape index (κ3) is 1.43. The highest BCUT2D eigenvalue weighted by atomic mass is 16.2. The first-order chi connectivity index (χ1) is 11.6. The van der Waals surface area contributed by atoms with Gasteiger partial charge in [-0.3, -0.25) is 4.79 Å². The second kappa shape index (κ2) is 4.35. The maximum atomic E-state index is 13.1. The average molecular weight is 321 g/mol. The number of rotatable bonds is 1. The minimum atomic E-state index is -0.679. The highest BCUT2D eigenvalue weighted by Crippen LogP contribution is 2.49. The molecule has 3 aliphatic rings. The molecule has 6 heteroatoms. The Kier molecular flexibility index (Phi) is 2.45. The van der Waals surface area contributed by atoms with Crippen molar-refractivity contribution in [3.8, 4) is 5.69 Å². The predicted molar refractivity (Wildman–Crippen MR) is 87.4 cm³/mol. The van der Waals surface area contributed by atoms with E-state index >= 15 is 0 Å². The molecule has 2 aromatic rings. The maximum absolute atomic E-state index is 13.1. The van der Waals surface area contributed by atoms with Crippen LogP contribution in [0.25, 0.3) is 5.69 Å². The minimum absolute atomic E-state index is 0.0700. The summed E-state index contributed by atoms with van der Waals surface area (Å²) >= 11 is 0. The van der Waals surface area contributed by atoms with Crippen LogP contribution in [0.15, 0.2) is 63.7 Å². The van der Waals surface area contributed by atoms with Gasteiger partial charge in [-0.15, -0.1) is 0 Å². The molecular weight excluding hydrogens is 306 g/mol. The minimum Gasteiger partial charge on any atom is -0.294 e. The topological polar surface area (TPSA) is 66.0 Å². The van der Waals surface area contributed by atoms with E-state index in [2.05, 4.69) is 0 Å². The molecule has 1 aromatic heterocycles. The summed E-state index contributed by atoms with van der Waals surface area (Å²) in [4.78, 5) is 38.4. The van der Waals surface area contributed by atoms with E-state index in [4.69, 9.17) is 0 Å². The number of carbonyl (C=O) groups is 1. The number of para-hydroxylation sites is 1. The van der Waals surface area contributed by atoms with Gasteiger partial charge < -0.3 is 0 Å². The molecular formula is C18H15N3O3. The summed E-state index contributed by atoms with van der Waals surface area (Å²) in [7, 11) is 0. The summed E-state index contributed by atoms with van der Waals surface area (Å²) in [5.41, 5.74) is -0.196. The molecule has 2 heterocycles. The molecule has 0 saturated heterocycles. The predicted octanol–water partition coefficient (Wildman–Crippen LogP) is 1.30. The smallest absolute Gasteiger partial charge is 0.294 e. The third-order valence-corrected chi connectivity index (χ3v) is 5.42. The van der Waals surface area contributed by atoms with Gasteiger partial charge in [-0.1, -0.05) is 36.4 Å². The van der Waals surface area contributed by atoms with Gasteiger partial charge in [0.1, 0.15) is 0 Å². The number of nitrogens with zero attached hydrogens (tertiary/aromatic N) is 3. The first-order valence-electron chi connectivity index (χ1n) is 8.08. The molecule has 0 radical (unpaired) electrons. The molecule has 1 fully saturated rings. The second-order valence-corrected chi connectivity index (χ2v) is 6.58. The van der Waals surface area contributed by atoms with Gasteiger partial charge in [0.15, 0.2) is 5.78 Å². The molecule has 0 unspecified atom stereocenters. The van der Waals surface area contributed by atoms with Gasteiger partial charge in [-0.25, -0.2) is 23.5 Å². The Balaban J connectivity index is 1.87. The summed E-state index contributed by atoms with van der Waals surface area (Å²) in [5, 5.41) is 0. The van der Waals surface area contributed by atoms with Gasteiger partial charge in [0.2, 0.25) is 0 Å². The maximum Gasteiger partial charge on any atom is 0.352 e. The zero-order chi connectivity index (χ0) is 16.5. The van der Waals surface area contributed by atoms with Crippen molar-refractivity contribution in [1.29, 1.82) is 0 Å². The average Bonchev–Trinajstić information content (AvgIpc) is 3.09. The fraction of sp³-hybridized carbons (Fsp3) is 0.278. The van der Waals surface area contributed by atoms with Crippen LogP contribution in [0, 0.1) is 0 Å². The monoisotopic (exact) mass is 321 g/mol. The number of hydrogen-bond acceptors (Lipinski definition) is 3. The van der Waals surface area contributed by atoms with Crippen LogP contribution in [-0.4, -0.2) is 19.7 Å². The van der Waals surface area contributed by atoms with E-state index < -0.39 is 5.54 Å². The largest absolute Gasteiger partial charge is 0.352 e. The van der Waals surface area contributed by atoms with Crippen LogP contribution in [0.2, 0.25) is 0 Å². The van der Waals surface area contributed by atoms with E-state index in [1.54, 1.807) is 24.3 Å². The van der Waals surface area contributed by atoms with E-state index in [1.807, 2.05) is 24.3 Å². The van der Waals surface area contributed by atoms with Gasteiger partial charge in [-0.05, 0) is 18.6 Å². The lowest BCUT2D eigenvalue weighted by molar-refractivity contribution is -0.114. The van der Waals surface area contributed by atoms with Crippen molar-refractivity contribution in [3.05, 3.63) is 75.1 Å². The molecule has 1 spiro atoms. The van der Waals surface area contributed by atoms with E-state index in [0.29, 0.717) is 30.5 Å². The number of fused-ring (bicyclic) bond motifs is 3. The summed E-state index contributed by atoms with van der Waals surface area (Å²) in [5.74, 6) is 0.0700. The first-order valence-corrected chi connectivity index (χ1v) is 8.08. The molecule has 2 aliphatic carbocycles. The fourth-order valence-corrected chi connectivity index (χ4v) is 4.41. The Bertz CT molecular complexity index is 1050. The molecule has 120 valence electrons. The normalized spacial score (nSPS) is 26.9. The number of hydrogen-bond donors (Lipinski definition) is 0. The van der Waals surface area contributed by atoms with Crippen LogP contribution in [0.5, 0.6) is 0 Å². The Morgan fingerprint density at radius 3 is 2.62 bits per heavy atom. The molecule has 24 heavy (non-hydrogen) atoms. The second-order valence-electron chi connectivity index (χ2n) is 6.58. The van der Waals surface area contributed by atoms with Crippen molar-refractivity contribution in [2.24, 2.45) is 0 Å². The summed E-state index contributed by atoms with van der Waals surface area (Å²) < 4.78 is 4.26. The van der Waals surface area contributed by atoms with Crippen LogP contribution < -0.4 is 11.4 Å². The van der Waals surface area contributed by atoms with Crippen LogP contribution in [0.4, 0.5) is 0 Å². The van der Waals surface area contributed by atoms with Crippen molar-refractivity contribution in [2.45, 2.75) is 30.8 Å². The summed E-state index contributed by atoms with van der Waals surface area (Å²) in [6.07, 6.45) is 7.15. The van der Waals surface area contributed by atoms with E-state index in [9.17, 15) is 14.4 Å². The van der Waals surface area contributed by atoms with Gasteiger partial charge in [0.25, 0.3) is 0 Å². The van der Waals surface area contributed by atoms with Gasteiger partial charge >= 0.3 is 11.4 Å². The lowest BCUT2D eigenvalue weighted by Gasteiger charge is -2.24. The van der Waals surface area contributed by atoms with Crippen molar-refractivity contribution >= 4 is 5.78 Å². The van der Waals surface area contributed by atoms with Crippen molar-refractivity contribution in [2.75, 3.05) is 0 Å². The number of ketones is 1. The number of carbonyl (C=O) groups excluding carboxylic acids is 1. The first kappa shape index (κ1) is 13.5. The van der Waals surface area contributed by atoms with Gasteiger partial charge in [0.05, 0.1) is 17.3 Å². The summed E-state index contributed by atoms with van der Waals surface area (Å²) in [6.45, 7) is 0. The molecule has 0 amide bonds. The Morgan fingerprint density at radius 1 is 1.04 bits per heavy atom. The molecule has 0 N–H and O–H groups in total. The molecule has 2 atom stereocenters. The Morgan fingerprint density at radius 2 is 1.83 bits per heavy atom. The third-order valence-electron chi connectivity index (χ3n) is 5.42. The van der Waals surface area contributed by atoms with E-state index in [0.717, 1.165) is 0 Å². The quantitative estimate of drug-likeness (QED) is 0.795. The number of Topliss-reactive ketones (excluding diaryl/α,β-unsaturated/α-hetero) is 1. The highest BCUT2D eigenvalue weighted by Gasteiger charge is 2.54. The standard InChI is InChI=1S/C18H15N3O3/c22-15-9-10-18-11-13(7-4-8-14(15)18)20-16(23)19(17(24)21(18)20)12-5-2-1-3-6-12/h1-8,13H,9-11H2/t13-,18+/m1/s1. The molecule has 2 bridgehead atoms. The number of allylic oxidation sites excluding steroid dienone is 4. The highest BCUT2D eigenvalue weighted by molar-refractivity contribution is 6.00. The Hall–Kier alpha value is -2.89. The van der Waals surface area contributed by atoms with Crippen LogP contribution in [0.1, 0.15) is 25.3 Å². The van der Waals surface area contributed by atoms with Crippen molar-refractivity contribution in [3.63, 3.8) is 0 Å². The van der Waals surface area contributed by atoms with Crippen LogP contribution in [-0.2, 0) is 10.3 Å². The zero-order valence-electron chi connectivity index (χ0n) is 12.9. The number of aromatic nitrogens is 3. The lowest BCUT2D eigenvalue weighted by Crippen LogP contribution is -2.40. The molecule has 5 rings (SSSR count). The Labute approximate surface area is 136 Å². The molecule has 1 saturated carbocycles. The molecule has 6 nitrogen and oxygen atoms in total. The van der Waals surface area contributed by atoms with Crippen LogP contribution in [0.3, 0.4) is 0 Å². The van der Waals surface area contributed by atoms with E-state index in [-0.39, 0.29) is 23.2 Å². The fourth-order valence-electron chi connectivity index (χ4n) is 4.41. The van der Waals surface area contributed by atoms with Crippen molar-refractivity contribution in [1.82, 2.24) is 13.9 Å². The van der Waals surface area contributed by atoms with Gasteiger partial charge in [-0.2, -0.15) is 0 Å². The zero-order valence-corrected chi connectivity index (χ0v) is 12.9.